The lowest BCUT2D eigenvalue weighted by Gasteiger charge is -2.30. The highest BCUT2D eigenvalue weighted by molar-refractivity contribution is 5.98. The number of ether oxygens (including phenoxy) is 1. The molecule has 0 aliphatic carbocycles. The summed E-state index contributed by atoms with van der Waals surface area (Å²) < 4.78 is 34.9. The van der Waals surface area contributed by atoms with Gasteiger partial charge in [-0.05, 0) is 49.2 Å². The standard InChI is InChI=1S/C23H20F2N6O3/c24-16-4-1-5-17(25)20(16)34-15-8-6-13(7-9-15)19-18-21(26)27-12-28-22(18)31(29-19)14-3-2-10-30(11-14)23(32)33/h1,4-9,12,14H,2-3,10-11H2,(H,32,33)(H2,26,27,28)/t14-/m1/s1. The van der Waals surface area contributed by atoms with Gasteiger partial charge in [-0.2, -0.15) is 5.10 Å². The van der Waals surface area contributed by atoms with Gasteiger partial charge >= 0.3 is 6.09 Å². The Morgan fingerprint density at radius 3 is 2.56 bits per heavy atom. The minimum absolute atomic E-state index is 0.206. The molecule has 1 aliphatic rings. The molecular formula is C23H20F2N6O3. The number of amides is 1. The van der Waals surface area contributed by atoms with Crippen molar-refractivity contribution in [3.8, 4) is 22.8 Å². The van der Waals surface area contributed by atoms with Crippen LogP contribution in [0.5, 0.6) is 11.5 Å². The Morgan fingerprint density at radius 2 is 1.85 bits per heavy atom. The van der Waals surface area contributed by atoms with Crippen LogP contribution in [0.1, 0.15) is 18.9 Å². The van der Waals surface area contributed by atoms with Crippen molar-refractivity contribution in [2.24, 2.45) is 0 Å². The zero-order chi connectivity index (χ0) is 23.8. The monoisotopic (exact) mass is 466 g/mol. The highest BCUT2D eigenvalue weighted by atomic mass is 19.1. The summed E-state index contributed by atoms with van der Waals surface area (Å²) >= 11 is 0. The quantitative estimate of drug-likeness (QED) is 0.456. The molecule has 0 saturated carbocycles. The molecule has 3 N–H and O–H groups in total. The third kappa shape index (κ3) is 3.85. The van der Waals surface area contributed by atoms with Crippen molar-refractivity contribution >= 4 is 22.9 Å². The lowest BCUT2D eigenvalue weighted by molar-refractivity contribution is 0.120. The van der Waals surface area contributed by atoms with E-state index < -0.39 is 23.5 Å². The third-order valence-corrected chi connectivity index (χ3v) is 5.80. The molecule has 34 heavy (non-hydrogen) atoms. The van der Waals surface area contributed by atoms with E-state index in [-0.39, 0.29) is 24.2 Å². The number of carboxylic acid groups (broad SMARTS) is 1. The average Bonchev–Trinajstić information content (AvgIpc) is 3.23. The van der Waals surface area contributed by atoms with Crippen LogP contribution in [0.2, 0.25) is 0 Å². The smallest absolute Gasteiger partial charge is 0.407 e. The summed E-state index contributed by atoms with van der Waals surface area (Å²) in [4.78, 5) is 21.3. The van der Waals surface area contributed by atoms with Crippen molar-refractivity contribution in [3.05, 3.63) is 60.4 Å². The van der Waals surface area contributed by atoms with Gasteiger partial charge in [-0.25, -0.2) is 28.2 Å². The number of nitrogens with zero attached hydrogens (tertiary/aromatic N) is 5. The topological polar surface area (TPSA) is 119 Å². The molecule has 2 aromatic carbocycles. The number of likely N-dealkylation sites (tertiary alicyclic amines) is 1. The van der Waals surface area contributed by atoms with Crippen molar-refractivity contribution < 1.29 is 23.4 Å². The maximum absolute atomic E-state index is 13.9. The van der Waals surface area contributed by atoms with Crippen molar-refractivity contribution in [1.82, 2.24) is 24.6 Å². The van der Waals surface area contributed by atoms with Crippen LogP contribution >= 0.6 is 0 Å². The molecule has 1 aliphatic heterocycles. The Morgan fingerprint density at radius 1 is 1.12 bits per heavy atom. The predicted molar refractivity (Wildman–Crippen MR) is 119 cm³/mol. The molecule has 4 aromatic rings. The van der Waals surface area contributed by atoms with Crippen LogP contribution in [0, 0.1) is 11.6 Å². The number of hydrogen-bond donors (Lipinski definition) is 2. The molecule has 1 saturated heterocycles. The normalized spacial score (nSPS) is 16.1. The average molecular weight is 466 g/mol. The summed E-state index contributed by atoms with van der Waals surface area (Å²) in [5.74, 6) is -1.61. The molecule has 0 radical (unpaired) electrons. The van der Waals surface area contributed by atoms with E-state index in [1.807, 2.05) is 0 Å². The molecule has 174 valence electrons. The van der Waals surface area contributed by atoms with Gasteiger partial charge in [-0.15, -0.1) is 0 Å². The number of benzene rings is 2. The fraction of sp³-hybridized carbons (Fsp3) is 0.217. The Bertz CT molecular complexity index is 1360. The number of aromatic nitrogens is 4. The van der Waals surface area contributed by atoms with Crippen LogP contribution in [0.15, 0.2) is 48.8 Å². The fourth-order valence-electron chi connectivity index (χ4n) is 4.16. The molecule has 1 fully saturated rings. The Labute approximate surface area is 192 Å². The molecule has 0 spiro atoms. The SMILES string of the molecule is Nc1ncnc2c1c(-c1ccc(Oc3c(F)cccc3F)cc1)nn2[C@@H]1CCCN(C(=O)O)C1. The van der Waals surface area contributed by atoms with E-state index in [9.17, 15) is 18.7 Å². The molecule has 3 heterocycles. The first-order valence-corrected chi connectivity index (χ1v) is 10.6. The first-order valence-electron chi connectivity index (χ1n) is 10.6. The molecule has 1 amide bonds. The number of nitrogens with two attached hydrogens (primary N) is 1. The van der Waals surface area contributed by atoms with Crippen LogP contribution in [0.4, 0.5) is 19.4 Å². The molecule has 5 rings (SSSR count). The molecule has 9 nitrogen and oxygen atoms in total. The lowest BCUT2D eigenvalue weighted by Crippen LogP contribution is -2.40. The van der Waals surface area contributed by atoms with Gasteiger partial charge in [0.2, 0.25) is 0 Å². The van der Waals surface area contributed by atoms with E-state index in [2.05, 4.69) is 9.97 Å². The largest absolute Gasteiger partial charge is 0.465 e. The van der Waals surface area contributed by atoms with Crippen LogP contribution < -0.4 is 10.5 Å². The highest BCUT2D eigenvalue weighted by Crippen LogP contribution is 2.35. The van der Waals surface area contributed by atoms with E-state index in [0.717, 1.165) is 18.6 Å². The molecule has 11 heteroatoms. The Hall–Kier alpha value is -4.28. The van der Waals surface area contributed by atoms with Gasteiger partial charge in [-0.3, -0.25) is 0 Å². The lowest BCUT2D eigenvalue weighted by atomic mass is 10.1. The van der Waals surface area contributed by atoms with E-state index >= 15 is 0 Å². The number of carbonyl (C=O) groups is 1. The number of nitrogen functional groups attached to an aromatic ring is 1. The van der Waals surface area contributed by atoms with E-state index in [1.54, 1.807) is 28.9 Å². The summed E-state index contributed by atoms with van der Waals surface area (Å²) in [6.07, 6.45) is 1.81. The van der Waals surface area contributed by atoms with Gasteiger partial charge in [0.05, 0.1) is 11.4 Å². The van der Waals surface area contributed by atoms with Crippen molar-refractivity contribution in [1.29, 1.82) is 0 Å². The summed E-state index contributed by atoms with van der Waals surface area (Å²) in [6.45, 7) is 0.759. The number of anilines is 1. The molecule has 0 unspecified atom stereocenters. The minimum Gasteiger partial charge on any atom is -0.465 e. The second kappa shape index (κ2) is 8.58. The molecule has 2 aromatic heterocycles. The second-order valence-electron chi connectivity index (χ2n) is 7.95. The van der Waals surface area contributed by atoms with Gasteiger partial charge in [0.15, 0.2) is 23.0 Å². The highest BCUT2D eigenvalue weighted by Gasteiger charge is 2.28. The number of para-hydroxylation sites is 1. The Balaban J connectivity index is 1.51. The summed E-state index contributed by atoms with van der Waals surface area (Å²) in [5, 5.41) is 14.7. The second-order valence-corrected chi connectivity index (χ2v) is 7.95. The van der Waals surface area contributed by atoms with Crippen LogP contribution in [0.25, 0.3) is 22.3 Å². The van der Waals surface area contributed by atoms with Gasteiger partial charge < -0.3 is 20.5 Å². The summed E-state index contributed by atoms with van der Waals surface area (Å²) in [5.41, 5.74) is 7.85. The molecule has 0 bridgehead atoms. The van der Waals surface area contributed by atoms with Crippen molar-refractivity contribution in [3.63, 3.8) is 0 Å². The van der Waals surface area contributed by atoms with Gasteiger partial charge in [0, 0.05) is 18.7 Å². The third-order valence-electron chi connectivity index (χ3n) is 5.80. The van der Waals surface area contributed by atoms with E-state index in [4.69, 9.17) is 15.6 Å². The Kier molecular flexibility index (Phi) is 5.44. The number of rotatable bonds is 4. The minimum atomic E-state index is -0.975. The fourth-order valence-corrected chi connectivity index (χ4v) is 4.16. The number of piperidine rings is 1. The maximum Gasteiger partial charge on any atom is 0.407 e. The van der Waals surface area contributed by atoms with Gasteiger partial charge in [0.25, 0.3) is 0 Å². The molecule has 1 atom stereocenters. The molecular weight excluding hydrogens is 446 g/mol. The number of fused-ring (bicyclic) bond motifs is 1. The van der Waals surface area contributed by atoms with Gasteiger partial charge in [0.1, 0.15) is 23.6 Å². The summed E-state index contributed by atoms with van der Waals surface area (Å²) in [6, 6.07) is 9.81. The zero-order valence-electron chi connectivity index (χ0n) is 17.9. The van der Waals surface area contributed by atoms with E-state index in [0.29, 0.717) is 35.3 Å². The number of halogens is 2. The van der Waals surface area contributed by atoms with Crippen LogP contribution in [-0.2, 0) is 0 Å². The van der Waals surface area contributed by atoms with Gasteiger partial charge in [-0.1, -0.05) is 6.07 Å². The zero-order valence-corrected chi connectivity index (χ0v) is 17.9. The summed E-state index contributed by atoms with van der Waals surface area (Å²) in [7, 11) is 0. The van der Waals surface area contributed by atoms with Crippen LogP contribution in [0.3, 0.4) is 0 Å². The number of hydrogen-bond acceptors (Lipinski definition) is 6. The van der Waals surface area contributed by atoms with Crippen molar-refractivity contribution in [2.45, 2.75) is 18.9 Å². The van der Waals surface area contributed by atoms with Crippen LogP contribution in [-0.4, -0.2) is 48.9 Å². The van der Waals surface area contributed by atoms with Crippen molar-refractivity contribution in [2.75, 3.05) is 18.8 Å². The maximum atomic E-state index is 13.9. The first kappa shape index (κ1) is 21.6. The predicted octanol–water partition coefficient (Wildman–Crippen LogP) is 4.46. The van der Waals surface area contributed by atoms with E-state index in [1.165, 1.54) is 17.3 Å². The first-order chi connectivity index (χ1) is 16.4.